The first-order valence-corrected chi connectivity index (χ1v) is 9.49. The number of piperidine rings is 2. The normalized spacial score (nSPS) is 45.3. The van der Waals surface area contributed by atoms with Crippen molar-refractivity contribution in [3.05, 3.63) is 41.5 Å². The number of hydrogen-bond donors (Lipinski definition) is 0. The molecule has 4 aliphatic heterocycles. The summed E-state index contributed by atoms with van der Waals surface area (Å²) in [7, 11) is 1.51. The number of benzene rings is 1. The zero-order valence-electron chi connectivity index (χ0n) is 15.0. The maximum absolute atomic E-state index is 13.1. The van der Waals surface area contributed by atoms with Crippen molar-refractivity contribution < 1.29 is 14.3 Å². The predicted octanol–water partition coefficient (Wildman–Crippen LogP) is 2.44. The lowest BCUT2D eigenvalue weighted by Crippen LogP contribution is -2.79. The number of fused-ring (bicyclic) bond motifs is 1. The molecule has 5 nitrogen and oxygen atoms in total. The van der Waals surface area contributed by atoms with Crippen molar-refractivity contribution in [1.29, 1.82) is 0 Å². The molecule has 1 aromatic carbocycles. The number of ether oxygens (including phenoxy) is 2. The lowest BCUT2D eigenvalue weighted by Gasteiger charge is -2.69. The monoisotopic (exact) mass is 350 g/mol. The molecule has 134 valence electrons. The fraction of sp³-hybridized carbons (Fsp3) is 0.524. The second-order valence-electron chi connectivity index (χ2n) is 8.10. The van der Waals surface area contributed by atoms with Gasteiger partial charge in [-0.05, 0) is 30.9 Å². The van der Waals surface area contributed by atoms with E-state index in [1.165, 1.54) is 24.0 Å². The molecule has 0 aromatic heterocycles. The van der Waals surface area contributed by atoms with Gasteiger partial charge in [0.1, 0.15) is 6.73 Å². The molecular weight excluding hydrogens is 328 g/mol. The molecule has 26 heavy (non-hydrogen) atoms. The number of allylic oxidation sites excluding steroid dienone is 1. The summed E-state index contributed by atoms with van der Waals surface area (Å²) < 4.78 is 11.4. The number of methoxy groups -OCH3 is 1. The summed E-state index contributed by atoms with van der Waals surface area (Å²) in [5.41, 5.74) is 4.45. The summed E-state index contributed by atoms with van der Waals surface area (Å²) >= 11 is 0. The molecule has 3 saturated heterocycles. The van der Waals surface area contributed by atoms with Gasteiger partial charge in [-0.2, -0.15) is 0 Å². The van der Waals surface area contributed by atoms with E-state index in [1.807, 2.05) is 6.07 Å². The van der Waals surface area contributed by atoms with E-state index in [9.17, 15) is 4.79 Å². The topological polar surface area (TPSA) is 51.1 Å². The Morgan fingerprint density at radius 2 is 2.27 bits per heavy atom. The Balaban J connectivity index is 1.69. The van der Waals surface area contributed by atoms with Gasteiger partial charge in [-0.1, -0.05) is 29.8 Å². The van der Waals surface area contributed by atoms with Crippen molar-refractivity contribution in [3.63, 3.8) is 0 Å². The number of carbonyl (C=O) groups is 1. The van der Waals surface area contributed by atoms with Crippen molar-refractivity contribution in [2.24, 2.45) is 22.7 Å². The van der Waals surface area contributed by atoms with Crippen LogP contribution >= 0.6 is 0 Å². The van der Waals surface area contributed by atoms with E-state index < -0.39 is 0 Å². The van der Waals surface area contributed by atoms with E-state index in [0.29, 0.717) is 19.4 Å². The average molecular weight is 350 g/mol. The van der Waals surface area contributed by atoms with Crippen LogP contribution in [0.5, 0.6) is 0 Å². The van der Waals surface area contributed by atoms with Crippen LogP contribution in [-0.4, -0.2) is 49.1 Å². The SMILES string of the molecule is C/C=C1\C2CC3C4=Nc5ccccc5[C@@]4(C4COCN3C14)C2C(=O)OC. The molecule has 7 rings (SSSR count). The molecule has 1 aromatic rings. The van der Waals surface area contributed by atoms with Gasteiger partial charge in [0.2, 0.25) is 0 Å². The third-order valence-electron chi connectivity index (χ3n) is 7.52. The Morgan fingerprint density at radius 1 is 1.42 bits per heavy atom. The number of carbonyl (C=O) groups excluding carboxylic acids is 1. The van der Waals surface area contributed by atoms with Gasteiger partial charge < -0.3 is 9.47 Å². The highest BCUT2D eigenvalue weighted by Gasteiger charge is 2.74. The summed E-state index contributed by atoms with van der Waals surface area (Å²) in [6.45, 7) is 3.43. The van der Waals surface area contributed by atoms with E-state index in [-0.39, 0.29) is 35.2 Å². The zero-order valence-corrected chi connectivity index (χ0v) is 15.0. The van der Waals surface area contributed by atoms with Gasteiger partial charge in [-0.25, -0.2) is 0 Å². The van der Waals surface area contributed by atoms with Crippen molar-refractivity contribution in [1.82, 2.24) is 4.90 Å². The number of para-hydroxylation sites is 1. The Labute approximate surface area is 152 Å². The molecule has 5 heteroatoms. The van der Waals surface area contributed by atoms with Gasteiger partial charge in [0.15, 0.2) is 0 Å². The van der Waals surface area contributed by atoms with Crippen LogP contribution in [0.25, 0.3) is 0 Å². The molecule has 7 atom stereocenters. The molecule has 0 radical (unpaired) electrons. The highest BCUT2D eigenvalue weighted by molar-refractivity contribution is 6.10. The van der Waals surface area contributed by atoms with Crippen LogP contribution in [-0.2, 0) is 19.7 Å². The molecule has 6 bridgehead atoms. The van der Waals surface area contributed by atoms with E-state index >= 15 is 0 Å². The lowest BCUT2D eigenvalue weighted by atomic mass is 9.42. The molecule has 2 aliphatic carbocycles. The first-order chi connectivity index (χ1) is 12.7. The Morgan fingerprint density at radius 3 is 3.08 bits per heavy atom. The molecular formula is C21H22N2O3. The standard InChI is InChI=1S/C21H22N2O3/c1-3-11-12-8-16-19-21(17(12)20(24)25-2,13-6-4-5-7-15(13)22-19)14-9-26-10-23(16)18(11)14/h3-7,12,14,16-18H,8-10H2,1-2H3/b11-3+/t12?,14?,16?,17?,18?,21-/m1/s1. The first kappa shape index (κ1) is 15.1. The Kier molecular flexibility index (Phi) is 2.81. The molecule has 0 amide bonds. The van der Waals surface area contributed by atoms with Crippen LogP contribution in [0.4, 0.5) is 5.69 Å². The second kappa shape index (κ2) is 4.84. The molecule has 6 unspecified atom stereocenters. The number of esters is 1. The third-order valence-corrected chi connectivity index (χ3v) is 7.52. The minimum absolute atomic E-state index is 0.102. The summed E-state index contributed by atoms with van der Waals surface area (Å²) in [5, 5.41) is 0. The third kappa shape index (κ3) is 1.41. The maximum Gasteiger partial charge on any atom is 0.310 e. The maximum atomic E-state index is 13.1. The fourth-order valence-electron chi connectivity index (χ4n) is 6.86. The van der Waals surface area contributed by atoms with E-state index in [2.05, 4.69) is 36.1 Å². The zero-order chi connectivity index (χ0) is 17.6. The molecule has 2 saturated carbocycles. The number of rotatable bonds is 1. The minimum atomic E-state index is -0.370. The summed E-state index contributed by atoms with van der Waals surface area (Å²) in [6, 6.07) is 8.98. The molecule has 1 spiro atoms. The Hall–Kier alpha value is -1.98. The van der Waals surface area contributed by atoms with Crippen LogP contribution in [0.3, 0.4) is 0 Å². The van der Waals surface area contributed by atoms with E-state index in [1.54, 1.807) is 0 Å². The summed E-state index contributed by atoms with van der Waals surface area (Å²) in [4.78, 5) is 20.7. The van der Waals surface area contributed by atoms with Gasteiger partial charge in [0, 0.05) is 17.7 Å². The Bertz CT molecular complexity index is 891. The number of hydrogen-bond acceptors (Lipinski definition) is 5. The van der Waals surface area contributed by atoms with Gasteiger partial charge in [-0.15, -0.1) is 0 Å². The van der Waals surface area contributed by atoms with Crippen molar-refractivity contribution >= 4 is 17.4 Å². The van der Waals surface area contributed by atoms with Gasteiger partial charge in [0.25, 0.3) is 0 Å². The van der Waals surface area contributed by atoms with Gasteiger partial charge >= 0.3 is 5.97 Å². The average Bonchev–Trinajstić information content (AvgIpc) is 3.02. The fourth-order valence-corrected chi connectivity index (χ4v) is 6.86. The highest BCUT2D eigenvalue weighted by Crippen LogP contribution is 2.67. The smallest absolute Gasteiger partial charge is 0.310 e. The van der Waals surface area contributed by atoms with Crippen LogP contribution in [0.2, 0.25) is 0 Å². The number of nitrogens with zero attached hydrogens (tertiary/aromatic N) is 2. The molecule has 4 heterocycles. The van der Waals surface area contributed by atoms with Gasteiger partial charge in [0.05, 0.1) is 36.8 Å². The molecule has 0 N–H and O–H groups in total. The predicted molar refractivity (Wildman–Crippen MR) is 96.3 cm³/mol. The van der Waals surface area contributed by atoms with Crippen LogP contribution in [0, 0.1) is 17.8 Å². The summed E-state index contributed by atoms with van der Waals surface area (Å²) in [6.07, 6.45) is 3.17. The van der Waals surface area contributed by atoms with E-state index in [4.69, 9.17) is 14.5 Å². The largest absolute Gasteiger partial charge is 0.469 e. The van der Waals surface area contributed by atoms with Crippen LogP contribution < -0.4 is 0 Å². The highest BCUT2D eigenvalue weighted by atomic mass is 16.5. The second-order valence-corrected chi connectivity index (χ2v) is 8.10. The molecule has 6 aliphatic rings. The summed E-state index contributed by atoms with van der Waals surface area (Å²) in [5.74, 6) is 0.136. The van der Waals surface area contributed by atoms with Crippen LogP contribution in [0.15, 0.2) is 40.9 Å². The van der Waals surface area contributed by atoms with Crippen molar-refractivity contribution in [2.75, 3.05) is 20.4 Å². The van der Waals surface area contributed by atoms with Crippen molar-refractivity contribution in [3.8, 4) is 0 Å². The minimum Gasteiger partial charge on any atom is -0.469 e. The first-order valence-electron chi connectivity index (χ1n) is 9.49. The van der Waals surface area contributed by atoms with Crippen molar-refractivity contribution in [2.45, 2.75) is 30.8 Å². The van der Waals surface area contributed by atoms with E-state index in [0.717, 1.165) is 12.1 Å². The molecule has 5 fully saturated rings. The lowest BCUT2D eigenvalue weighted by molar-refractivity contribution is -0.179. The van der Waals surface area contributed by atoms with Crippen LogP contribution in [0.1, 0.15) is 18.9 Å². The quantitative estimate of drug-likeness (QED) is 0.577. The number of aliphatic imine (C=N–C) groups is 1. The van der Waals surface area contributed by atoms with Gasteiger partial charge in [-0.3, -0.25) is 14.7 Å².